The van der Waals surface area contributed by atoms with Crippen molar-refractivity contribution in [2.24, 2.45) is 5.73 Å². The maximum atomic E-state index is 12.0. The average molecular weight is 249 g/mol. The summed E-state index contributed by atoms with van der Waals surface area (Å²) >= 11 is 0. The van der Waals surface area contributed by atoms with Crippen molar-refractivity contribution in [1.29, 1.82) is 0 Å². The molecular formula is C12H15N3O3. The molecule has 0 saturated heterocycles. The summed E-state index contributed by atoms with van der Waals surface area (Å²) in [5.41, 5.74) is 5.76. The van der Waals surface area contributed by atoms with Gasteiger partial charge in [-0.05, 0) is 25.3 Å². The van der Waals surface area contributed by atoms with E-state index in [1.807, 2.05) is 0 Å². The van der Waals surface area contributed by atoms with Crippen LogP contribution in [0.4, 0.5) is 5.69 Å². The minimum Gasteiger partial charge on any atom is -0.348 e. The number of para-hydroxylation sites is 1. The summed E-state index contributed by atoms with van der Waals surface area (Å²) in [5, 5.41) is 13.6. The second-order valence-electron chi connectivity index (χ2n) is 4.45. The Morgan fingerprint density at radius 1 is 1.39 bits per heavy atom. The maximum Gasteiger partial charge on any atom is 0.282 e. The summed E-state index contributed by atoms with van der Waals surface area (Å²) in [6.45, 7) is 0. The van der Waals surface area contributed by atoms with Crippen LogP contribution in [0.5, 0.6) is 0 Å². The van der Waals surface area contributed by atoms with Crippen molar-refractivity contribution in [3.05, 3.63) is 39.9 Å². The summed E-state index contributed by atoms with van der Waals surface area (Å²) in [4.78, 5) is 22.3. The molecule has 3 N–H and O–H groups in total. The third-order valence-corrected chi connectivity index (χ3v) is 3.23. The number of hydrogen-bond donors (Lipinski definition) is 2. The van der Waals surface area contributed by atoms with Gasteiger partial charge in [-0.15, -0.1) is 0 Å². The Labute approximate surface area is 104 Å². The molecule has 0 aliphatic heterocycles. The van der Waals surface area contributed by atoms with Crippen LogP contribution in [0.3, 0.4) is 0 Å². The van der Waals surface area contributed by atoms with Crippen molar-refractivity contribution < 1.29 is 9.72 Å². The van der Waals surface area contributed by atoms with Gasteiger partial charge in [0.2, 0.25) is 0 Å². The molecule has 18 heavy (non-hydrogen) atoms. The first kappa shape index (κ1) is 12.5. The summed E-state index contributed by atoms with van der Waals surface area (Å²) in [6, 6.07) is 5.78. The van der Waals surface area contributed by atoms with E-state index in [9.17, 15) is 14.9 Å². The van der Waals surface area contributed by atoms with Crippen LogP contribution in [-0.4, -0.2) is 22.9 Å². The molecule has 6 nitrogen and oxygen atoms in total. The average Bonchev–Trinajstić information content (AvgIpc) is 2.75. The van der Waals surface area contributed by atoms with Crippen LogP contribution in [0, 0.1) is 10.1 Å². The van der Waals surface area contributed by atoms with Gasteiger partial charge >= 0.3 is 0 Å². The molecular weight excluding hydrogens is 234 g/mol. The number of nitro groups is 1. The molecule has 1 amide bonds. The van der Waals surface area contributed by atoms with E-state index in [1.165, 1.54) is 18.2 Å². The van der Waals surface area contributed by atoms with Gasteiger partial charge in [0, 0.05) is 18.2 Å². The van der Waals surface area contributed by atoms with Crippen molar-refractivity contribution in [3.8, 4) is 0 Å². The third-order valence-electron chi connectivity index (χ3n) is 3.23. The molecule has 96 valence electrons. The number of carbonyl (C=O) groups excluding carboxylic acids is 1. The number of benzene rings is 1. The van der Waals surface area contributed by atoms with Crippen molar-refractivity contribution >= 4 is 11.6 Å². The van der Waals surface area contributed by atoms with Gasteiger partial charge in [-0.25, -0.2) is 0 Å². The lowest BCUT2D eigenvalue weighted by atomic mass is 10.1. The second kappa shape index (κ2) is 5.14. The largest absolute Gasteiger partial charge is 0.348 e. The van der Waals surface area contributed by atoms with Crippen LogP contribution in [0.25, 0.3) is 0 Å². The van der Waals surface area contributed by atoms with Gasteiger partial charge in [-0.3, -0.25) is 14.9 Å². The molecule has 1 aliphatic carbocycles. The van der Waals surface area contributed by atoms with Crippen LogP contribution in [0.15, 0.2) is 24.3 Å². The van der Waals surface area contributed by atoms with Gasteiger partial charge in [0.05, 0.1) is 4.92 Å². The fraction of sp³-hybridized carbons (Fsp3) is 0.417. The van der Waals surface area contributed by atoms with Gasteiger partial charge in [-0.1, -0.05) is 12.1 Å². The molecule has 2 unspecified atom stereocenters. The summed E-state index contributed by atoms with van der Waals surface area (Å²) < 4.78 is 0. The quantitative estimate of drug-likeness (QED) is 0.621. The highest BCUT2D eigenvalue weighted by Crippen LogP contribution is 2.20. The van der Waals surface area contributed by atoms with Crippen molar-refractivity contribution in [2.45, 2.75) is 31.3 Å². The number of nitro benzene ring substituents is 1. The predicted molar refractivity (Wildman–Crippen MR) is 66.2 cm³/mol. The molecule has 2 atom stereocenters. The van der Waals surface area contributed by atoms with E-state index in [0.29, 0.717) is 0 Å². The smallest absolute Gasteiger partial charge is 0.282 e. The highest BCUT2D eigenvalue weighted by atomic mass is 16.6. The number of hydrogen-bond acceptors (Lipinski definition) is 4. The van der Waals surface area contributed by atoms with Gasteiger partial charge in [-0.2, -0.15) is 0 Å². The van der Waals surface area contributed by atoms with Gasteiger partial charge < -0.3 is 11.1 Å². The Hall–Kier alpha value is -1.95. The Morgan fingerprint density at radius 2 is 2.11 bits per heavy atom. The minimum absolute atomic E-state index is 0.0586. The number of nitrogens with zero attached hydrogens (tertiary/aromatic N) is 1. The molecule has 1 aromatic rings. The molecule has 1 aliphatic rings. The van der Waals surface area contributed by atoms with Crippen LogP contribution < -0.4 is 11.1 Å². The van der Waals surface area contributed by atoms with Crippen molar-refractivity contribution in [3.63, 3.8) is 0 Å². The zero-order valence-electron chi connectivity index (χ0n) is 9.83. The minimum atomic E-state index is -0.552. The lowest BCUT2D eigenvalue weighted by Crippen LogP contribution is -2.44. The van der Waals surface area contributed by atoms with E-state index in [1.54, 1.807) is 6.07 Å². The van der Waals surface area contributed by atoms with Crippen LogP contribution >= 0.6 is 0 Å². The van der Waals surface area contributed by atoms with Gasteiger partial charge in [0.25, 0.3) is 11.6 Å². The molecule has 0 bridgehead atoms. The highest BCUT2D eigenvalue weighted by Gasteiger charge is 2.27. The number of amides is 1. The van der Waals surface area contributed by atoms with Crippen molar-refractivity contribution in [2.75, 3.05) is 0 Å². The first-order chi connectivity index (χ1) is 8.59. The predicted octanol–water partition coefficient (Wildman–Crippen LogP) is 1.20. The van der Waals surface area contributed by atoms with E-state index in [2.05, 4.69) is 5.32 Å². The monoisotopic (exact) mass is 249 g/mol. The molecule has 1 aromatic carbocycles. The Morgan fingerprint density at radius 3 is 2.72 bits per heavy atom. The van der Waals surface area contributed by atoms with E-state index in [4.69, 9.17) is 5.73 Å². The summed E-state index contributed by atoms with van der Waals surface area (Å²) in [7, 11) is 0. The first-order valence-electron chi connectivity index (χ1n) is 5.89. The van der Waals surface area contributed by atoms with E-state index in [-0.39, 0.29) is 23.3 Å². The fourth-order valence-electron chi connectivity index (χ4n) is 2.24. The zero-order valence-corrected chi connectivity index (χ0v) is 9.83. The summed E-state index contributed by atoms with van der Waals surface area (Å²) in [5.74, 6) is -0.426. The molecule has 2 rings (SSSR count). The molecule has 6 heteroatoms. The normalized spacial score (nSPS) is 22.7. The standard InChI is InChI=1S/C12H15N3O3/c13-9-5-3-6-10(9)14-12(16)8-4-1-2-7-11(8)15(17)18/h1-2,4,7,9-10H,3,5-6,13H2,(H,14,16). The fourth-order valence-corrected chi connectivity index (χ4v) is 2.24. The molecule has 0 radical (unpaired) electrons. The van der Waals surface area contributed by atoms with Crippen molar-refractivity contribution in [1.82, 2.24) is 5.32 Å². The van der Waals surface area contributed by atoms with Crippen LogP contribution in [0.2, 0.25) is 0 Å². The first-order valence-corrected chi connectivity index (χ1v) is 5.89. The van der Waals surface area contributed by atoms with E-state index < -0.39 is 10.8 Å². The topological polar surface area (TPSA) is 98.3 Å². The Balaban J connectivity index is 2.16. The number of rotatable bonds is 3. The lowest BCUT2D eigenvalue weighted by molar-refractivity contribution is -0.385. The maximum absolute atomic E-state index is 12.0. The molecule has 0 heterocycles. The SMILES string of the molecule is NC1CCCC1NC(=O)c1ccccc1[N+](=O)[O-]. The zero-order chi connectivity index (χ0) is 13.1. The lowest BCUT2D eigenvalue weighted by Gasteiger charge is -2.17. The molecule has 1 fully saturated rings. The number of carbonyl (C=O) groups is 1. The number of nitrogens with one attached hydrogen (secondary N) is 1. The molecule has 1 saturated carbocycles. The Bertz CT molecular complexity index is 475. The molecule has 0 spiro atoms. The summed E-state index contributed by atoms with van der Waals surface area (Å²) in [6.07, 6.45) is 2.68. The van der Waals surface area contributed by atoms with Crippen LogP contribution in [0.1, 0.15) is 29.6 Å². The van der Waals surface area contributed by atoms with Gasteiger partial charge in [0.1, 0.15) is 5.56 Å². The highest BCUT2D eigenvalue weighted by molar-refractivity contribution is 5.98. The molecule has 0 aromatic heterocycles. The third kappa shape index (κ3) is 2.48. The Kier molecular flexibility index (Phi) is 3.57. The van der Waals surface area contributed by atoms with E-state index >= 15 is 0 Å². The second-order valence-corrected chi connectivity index (χ2v) is 4.45. The van der Waals surface area contributed by atoms with E-state index in [0.717, 1.165) is 19.3 Å². The van der Waals surface area contributed by atoms with Crippen LogP contribution in [-0.2, 0) is 0 Å². The number of nitrogens with two attached hydrogens (primary N) is 1. The van der Waals surface area contributed by atoms with Gasteiger partial charge in [0.15, 0.2) is 0 Å².